The Morgan fingerprint density at radius 3 is 2.39 bits per heavy atom. The summed E-state index contributed by atoms with van der Waals surface area (Å²) in [4.78, 5) is 12.7. The first-order valence-electron chi connectivity index (χ1n) is 10.8. The molecule has 164 valence electrons. The summed E-state index contributed by atoms with van der Waals surface area (Å²) in [5, 5.41) is 14.0. The van der Waals surface area contributed by atoms with Crippen molar-refractivity contribution in [3.8, 4) is 11.5 Å². The van der Waals surface area contributed by atoms with Crippen LogP contribution >= 0.6 is 0 Å². The van der Waals surface area contributed by atoms with Gasteiger partial charge in [-0.25, -0.2) is 0 Å². The maximum absolute atomic E-state index is 12.7. The van der Waals surface area contributed by atoms with E-state index in [0.29, 0.717) is 30.8 Å². The van der Waals surface area contributed by atoms with Gasteiger partial charge in [0.2, 0.25) is 0 Å². The van der Waals surface area contributed by atoms with Crippen LogP contribution in [0.25, 0.3) is 6.08 Å². The quantitative estimate of drug-likeness (QED) is 0.253. The lowest BCUT2D eigenvalue weighted by molar-refractivity contribution is 0.104. The van der Waals surface area contributed by atoms with Crippen LogP contribution in [0.5, 0.6) is 11.5 Å². The maximum Gasteiger partial charge on any atom is 0.185 e. The Labute approximate surface area is 186 Å². The van der Waals surface area contributed by atoms with E-state index in [4.69, 9.17) is 4.74 Å². The Hall–Kier alpha value is -3.27. The van der Waals surface area contributed by atoms with Crippen LogP contribution in [0.1, 0.15) is 54.2 Å². The van der Waals surface area contributed by atoms with Gasteiger partial charge in [-0.15, -0.1) is 0 Å². The molecule has 0 radical (unpaired) electrons. The molecule has 0 bridgehead atoms. The Balaban J connectivity index is 2.49. The molecular weight excluding hydrogens is 386 g/mol. The second-order valence-corrected chi connectivity index (χ2v) is 7.20. The minimum absolute atomic E-state index is 0.0813. The van der Waals surface area contributed by atoms with Crippen LogP contribution in [0.3, 0.4) is 0 Å². The molecule has 2 N–H and O–H groups in total. The molecule has 4 nitrogen and oxygen atoms in total. The first kappa shape index (κ1) is 24.0. The van der Waals surface area contributed by atoms with Gasteiger partial charge in [0, 0.05) is 29.4 Å². The number of hydrogen-bond acceptors (Lipinski definition) is 4. The van der Waals surface area contributed by atoms with Gasteiger partial charge in [0.05, 0.1) is 6.61 Å². The largest absolute Gasteiger partial charge is 0.507 e. The number of phenols is 1. The van der Waals surface area contributed by atoms with E-state index in [2.05, 4.69) is 5.32 Å². The van der Waals surface area contributed by atoms with Crippen LogP contribution in [0.4, 0.5) is 5.69 Å². The number of benzene rings is 2. The predicted octanol–water partition coefficient (Wildman–Crippen LogP) is 6.36. The zero-order chi connectivity index (χ0) is 22.6. The Bertz CT molecular complexity index is 953. The summed E-state index contributed by atoms with van der Waals surface area (Å²) in [7, 11) is 1.84. The number of carbonyl (C=O) groups is 1. The lowest BCUT2D eigenvalue weighted by Gasteiger charge is -2.17. The van der Waals surface area contributed by atoms with Crippen LogP contribution in [0.15, 0.2) is 60.7 Å². The van der Waals surface area contributed by atoms with Crippen molar-refractivity contribution in [2.24, 2.45) is 0 Å². The molecule has 0 aromatic heterocycles. The lowest BCUT2D eigenvalue weighted by Crippen LogP contribution is -2.03. The third-order valence-electron chi connectivity index (χ3n) is 4.91. The highest BCUT2D eigenvalue weighted by Crippen LogP contribution is 2.37. The van der Waals surface area contributed by atoms with Crippen LogP contribution in [-0.2, 0) is 12.8 Å². The van der Waals surface area contributed by atoms with E-state index < -0.39 is 0 Å². The van der Waals surface area contributed by atoms with E-state index in [1.807, 2.05) is 70.3 Å². The molecule has 2 aromatic carbocycles. The van der Waals surface area contributed by atoms with Crippen LogP contribution < -0.4 is 10.1 Å². The normalized spacial score (nSPS) is 11.6. The molecule has 0 aliphatic heterocycles. The number of anilines is 1. The summed E-state index contributed by atoms with van der Waals surface area (Å²) >= 11 is 0. The summed E-state index contributed by atoms with van der Waals surface area (Å²) in [6.45, 7) is 6.48. The maximum atomic E-state index is 12.7. The zero-order valence-corrected chi connectivity index (χ0v) is 18.9. The smallest absolute Gasteiger partial charge is 0.185 e. The lowest BCUT2D eigenvalue weighted by atomic mass is 9.96. The molecule has 0 unspecified atom stereocenters. The molecule has 4 heteroatoms. The van der Waals surface area contributed by atoms with Crippen molar-refractivity contribution in [3.63, 3.8) is 0 Å². The minimum Gasteiger partial charge on any atom is -0.507 e. The Morgan fingerprint density at radius 1 is 1.10 bits per heavy atom. The molecule has 2 aromatic rings. The summed E-state index contributed by atoms with van der Waals surface area (Å²) in [6, 6.07) is 9.27. The summed E-state index contributed by atoms with van der Waals surface area (Å²) in [5.41, 5.74) is 3.93. The number of carbonyl (C=O) groups excluding carboxylic acids is 1. The number of rotatable bonds is 11. The molecule has 0 atom stereocenters. The number of phenolic OH excluding ortho intramolecular Hbond substituents is 1. The highest BCUT2D eigenvalue weighted by molar-refractivity contribution is 6.07. The molecule has 0 fully saturated rings. The molecule has 0 spiro atoms. The Kier molecular flexibility index (Phi) is 9.63. The van der Waals surface area contributed by atoms with E-state index in [-0.39, 0.29) is 11.5 Å². The SMILES string of the molecule is C/C=C/Cc1cc(/C=C/C(=O)c2ccc(NC)cc2)c(OCCC)c(C/C=C/C)c1O. The van der Waals surface area contributed by atoms with Gasteiger partial charge in [-0.3, -0.25) is 4.79 Å². The third kappa shape index (κ3) is 6.61. The number of ether oxygens (including phenoxy) is 1. The zero-order valence-electron chi connectivity index (χ0n) is 18.9. The number of aromatic hydroxyl groups is 1. The van der Waals surface area contributed by atoms with Gasteiger partial charge in [0.25, 0.3) is 0 Å². The highest BCUT2D eigenvalue weighted by atomic mass is 16.5. The van der Waals surface area contributed by atoms with Crippen molar-refractivity contribution in [3.05, 3.63) is 83.0 Å². The predicted molar refractivity (Wildman–Crippen MR) is 130 cm³/mol. The van der Waals surface area contributed by atoms with Crippen molar-refractivity contribution < 1.29 is 14.6 Å². The number of nitrogens with one attached hydrogen (secondary N) is 1. The van der Waals surface area contributed by atoms with E-state index in [1.54, 1.807) is 24.3 Å². The van der Waals surface area contributed by atoms with Gasteiger partial charge in [-0.1, -0.05) is 31.2 Å². The van der Waals surface area contributed by atoms with E-state index >= 15 is 0 Å². The van der Waals surface area contributed by atoms with E-state index in [9.17, 15) is 9.90 Å². The highest BCUT2D eigenvalue weighted by Gasteiger charge is 2.17. The molecule has 0 saturated heterocycles. The number of allylic oxidation sites excluding steroid dienone is 5. The Morgan fingerprint density at radius 2 is 1.77 bits per heavy atom. The summed E-state index contributed by atoms with van der Waals surface area (Å²) < 4.78 is 6.04. The minimum atomic E-state index is -0.0813. The van der Waals surface area contributed by atoms with Crippen molar-refractivity contribution in [1.82, 2.24) is 0 Å². The first-order chi connectivity index (χ1) is 15.0. The van der Waals surface area contributed by atoms with Gasteiger partial charge in [-0.05, 0) is 81.2 Å². The molecule has 0 aliphatic rings. The summed E-state index contributed by atoms with van der Waals surface area (Å²) in [5.74, 6) is 0.812. The second-order valence-electron chi connectivity index (χ2n) is 7.20. The average molecular weight is 420 g/mol. The fourth-order valence-electron chi connectivity index (χ4n) is 3.18. The van der Waals surface area contributed by atoms with Gasteiger partial charge < -0.3 is 15.2 Å². The second kappa shape index (κ2) is 12.4. The molecule has 0 saturated carbocycles. The van der Waals surface area contributed by atoms with Crippen molar-refractivity contribution in [2.45, 2.75) is 40.0 Å². The van der Waals surface area contributed by atoms with Crippen LogP contribution in [0.2, 0.25) is 0 Å². The fraction of sp³-hybridized carbons (Fsp3) is 0.296. The van der Waals surface area contributed by atoms with Crippen LogP contribution in [-0.4, -0.2) is 24.5 Å². The molecule has 0 amide bonds. The molecule has 0 aliphatic carbocycles. The van der Waals surface area contributed by atoms with Gasteiger partial charge >= 0.3 is 0 Å². The van der Waals surface area contributed by atoms with Gasteiger partial charge in [0.1, 0.15) is 11.5 Å². The van der Waals surface area contributed by atoms with Crippen molar-refractivity contribution in [1.29, 1.82) is 0 Å². The van der Waals surface area contributed by atoms with Crippen LogP contribution in [0, 0.1) is 0 Å². The molecule has 31 heavy (non-hydrogen) atoms. The van der Waals surface area contributed by atoms with Gasteiger partial charge in [0.15, 0.2) is 5.78 Å². The number of hydrogen-bond donors (Lipinski definition) is 2. The summed E-state index contributed by atoms with van der Waals surface area (Å²) in [6.07, 6.45) is 13.3. The first-order valence-corrected chi connectivity index (χ1v) is 10.8. The number of ketones is 1. The molecule has 2 rings (SSSR count). The van der Waals surface area contributed by atoms with Gasteiger partial charge in [-0.2, -0.15) is 0 Å². The average Bonchev–Trinajstić information content (AvgIpc) is 2.80. The molecular formula is C27H33NO3. The van der Waals surface area contributed by atoms with Crippen molar-refractivity contribution >= 4 is 17.5 Å². The van der Waals surface area contributed by atoms with E-state index in [1.165, 1.54) is 0 Å². The fourth-order valence-corrected chi connectivity index (χ4v) is 3.18. The van der Waals surface area contributed by atoms with Crippen molar-refractivity contribution in [2.75, 3.05) is 19.0 Å². The third-order valence-corrected chi connectivity index (χ3v) is 4.91. The van der Waals surface area contributed by atoms with E-state index in [0.717, 1.165) is 28.8 Å². The topological polar surface area (TPSA) is 58.6 Å². The monoisotopic (exact) mass is 419 g/mol. The standard InChI is InChI=1S/C27H33NO3/c1-5-8-10-21-19-22(14-17-25(29)20-12-15-23(28-4)16-13-20)27(31-18-7-3)24(26(21)30)11-9-6-2/h5-6,8-9,12-17,19,28,30H,7,10-11,18H2,1-4H3/b8-5+,9-6+,17-14+. The molecule has 0 heterocycles.